The molecule has 2 fully saturated rings. The maximum Gasteiger partial charge on any atom is 0.223 e. The minimum Gasteiger partial charge on any atom is -0.352 e. The summed E-state index contributed by atoms with van der Waals surface area (Å²) in [7, 11) is 0. The van der Waals surface area contributed by atoms with Gasteiger partial charge in [-0.25, -0.2) is 4.39 Å². The number of carbonyl (C=O) groups excluding carboxylic acids is 1. The predicted octanol–water partition coefficient (Wildman–Crippen LogP) is 3.02. The Bertz CT molecular complexity index is 534. The maximum absolute atomic E-state index is 13.2. The quantitative estimate of drug-likeness (QED) is 0.850. The van der Waals surface area contributed by atoms with Crippen LogP contribution in [0.15, 0.2) is 22.7 Å². The molecule has 6 heteroatoms. The third kappa shape index (κ3) is 3.58. The van der Waals surface area contributed by atoms with Gasteiger partial charge in [-0.2, -0.15) is 0 Å². The number of rotatable bonds is 3. The highest BCUT2D eigenvalue weighted by atomic mass is 79.9. The zero-order valence-corrected chi connectivity index (χ0v) is 14.0. The molecule has 1 aliphatic heterocycles. The summed E-state index contributed by atoms with van der Waals surface area (Å²) >= 11 is 3.38. The van der Waals surface area contributed by atoms with Gasteiger partial charge >= 0.3 is 0 Å². The van der Waals surface area contributed by atoms with Crippen LogP contribution in [0, 0.1) is 17.2 Å². The van der Waals surface area contributed by atoms with Crippen LogP contribution in [0.3, 0.4) is 0 Å². The summed E-state index contributed by atoms with van der Waals surface area (Å²) in [6, 6.07) is 4.53. The van der Waals surface area contributed by atoms with E-state index in [2.05, 4.69) is 26.6 Å². The third-order valence-corrected chi connectivity index (χ3v) is 5.34. The van der Waals surface area contributed by atoms with Gasteiger partial charge in [0.05, 0.1) is 0 Å². The average molecular weight is 378 g/mol. The molecule has 1 unspecified atom stereocenters. The fourth-order valence-corrected chi connectivity index (χ4v) is 3.57. The normalized spacial score (nSPS) is 22.5. The van der Waals surface area contributed by atoms with E-state index >= 15 is 0 Å². The monoisotopic (exact) mass is 376 g/mol. The molecule has 3 nitrogen and oxygen atoms in total. The highest BCUT2D eigenvalue weighted by Gasteiger charge is 2.57. The summed E-state index contributed by atoms with van der Waals surface area (Å²) in [6.07, 6.45) is 3.19. The molecule has 116 valence electrons. The number of hydrogen-bond acceptors (Lipinski definition) is 2. The molecule has 2 aliphatic rings. The van der Waals surface area contributed by atoms with Crippen molar-refractivity contribution in [2.24, 2.45) is 11.3 Å². The van der Waals surface area contributed by atoms with Crippen LogP contribution in [0.1, 0.15) is 24.8 Å². The minimum atomic E-state index is -0.279. The van der Waals surface area contributed by atoms with Gasteiger partial charge in [-0.1, -0.05) is 15.9 Å². The van der Waals surface area contributed by atoms with Crippen LogP contribution in [0.2, 0.25) is 0 Å². The summed E-state index contributed by atoms with van der Waals surface area (Å²) in [5.41, 5.74) is 1.02. The number of benzene rings is 1. The van der Waals surface area contributed by atoms with Gasteiger partial charge in [-0.15, -0.1) is 12.4 Å². The number of amides is 1. The lowest BCUT2D eigenvalue weighted by Gasteiger charge is -2.23. The summed E-state index contributed by atoms with van der Waals surface area (Å²) < 4.78 is 14.0. The zero-order chi connectivity index (χ0) is 14.2. The first kappa shape index (κ1) is 16.7. The van der Waals surface area contributed by atoms with Crippen molar-refractivity contribution >= 4 is 34.2 Å². The van der Waals surface area contributed by atoms with E-state index in [4.69, 9.17) is 0 Å². The topological polar surface area (TPSA) is 41.1 Å². The first-order valence-electron chi connectivity index (χ1n) is 7.03. The van der Waals surface area contributed by atoms with Crippen LogP contribution in [0.5, 0.6) is 0 Å². The van der Waals surface area contributed by atoms with E-state index < -0.39 is 0 Å². The van der Waals surface area contributed by atoms with Crippen molar-refractivity contribution in [3.63, 3.8) is 0 Å². The number of piperidine rings is 1. The molecule has 1 atom stereocenters. The smallest absolute Gasteiger partial charge is 0.223 e. The second kappa shape index (κ2) is 6.63. The van der Waals surface area contributed by atoms with Gasteiger partial charge in [0.15, 0.2) is 0 Å². The lowest BCUT2D eigenvalue weighted by Crippen LogP contribution is -2.33. The molecular weight excluding hydrogens is 359 g/mol. The van der Waals surface area contributed by atoms with E-state index in [0.29, 0.717) is 6.54 Å². The molecule has 1 saturated heterocycles. The number of halogens is 3. The SMILES string of the molecule is Cl.O=C(NCc1cc(F)ccc1Br)C1CC12CCNCC2. The summed E-state index contributed by atoms with van der Waals surface area (Å²) in [4.78, 5) is 12.2. The molecule has 21 heavy (non-hydrogen) atoms. The van der Waals surface area contributed by atoms with Crippen LogP contribution in [0.4, 0.5) is 4.39 Å². The number of nitrogens with one attached hydrogen (secondary N) is 2. The molecule has 2 N–H and O–H groups in total. The first-order chi connectivity index (χ1) is 9.61. The molecule has 0 radical (unpaired) electrons. The van der Waals surface area contributed by atoms with Crippen LogP contribution >= 0.6 is 28.3 Å². The van der Waals surface area contributed by atoms with Crippen molar-refractivity contribution in [1.29, 1.82) is 0 Å². The number of hydrogen-bond donors (Lipinski definition) is 2. The summed E-state index contributed by atoms with van der Waals surface area (Å²) in [5.74, 6) is -0.0151. The van der Waals surface area contributed by atoms with Gasteiger partial charge in [0.1, 0.15) is 5.82 Å². The van der Waals surface area contributed by atoms with Gasteiger partial charge < -0.3 is 10.6 Å². The molecule has 1 saturated carbocycles. The molecule has 1 amide bonds. The Labute approximate surface area is 138 Å². The molecular formula is C15H19BrClFN2O. The van der Waals surface area contributed by atoms with Gasteiger partial charge in [0.2, 0.25) is 5.91 Å². The fourth-order valence-electron chi connectivity index (χ4n) is 3.18. The minimum absolute atomic E-state index is 0. The molecule has 3 rings (SSSR count). The summed E-state index contributed by atoms with van der Waals surface area (Å²) in [5, 5.41) is 6.28. The molecule has 1 aromatic rings. The van der Waals surface area contributed by atoms with Crippen LogP contribution < -0.4 is 10.6 Å². The highest BCUT2D eigenvalue weighted by Crippen LogP contribution is 2.58. The van der Waals surface area contributed by atoms with E-state index in [1.807, 2.05) is 0 Å². The molecule has 1 aromatic carbocycles. The standard InChI is InChI=1S/C15H18BrFN2O.ClH/c16-13-2-1-11(17)7-10(13)9-19-14(20)12-8-15(12)3-5-18-6-4-15;/h1-2,7,12,18H,3-6,8-9H2,(H,19,20);1H. The second-order valence-electron chi connectivity index (χ2n) is 5.82. The van der Waals surface area contributed by atoms with Crippen molar-refractivity contribution in [1.82, 2.24) is 10.6 Å². The van der Waals surface area contributed by atoms with E-state index in [-0.39, 0.29) is 35.5 Å². The Morgan fingerprint density at radius 2 is 2.14 bits per heavy atom. The second-order valence-corrected chi connectivity index (χ2v) is 6.68. The largest absolute Gasteiger partial charge is 0.352 e. The van der Waals surface area contributed by atoms with Crippen LogP contribution in [0.25, 0.3) is 0 Å². The molecule has 0 aromatic heterocycles. The van der Waals surface area contributed by atoms with Crippen LogP contribution in [-0.2, 0) is 11.3 Å². The number of carbonyl (C=O) groups is 1. The molecule has 1 heterocycles. The molecule has 1 aliphatic carbocycles. The zero-order valence-electron chi connectivity index (χ0n) is 11.6. The Morgan fingerprint density at radius 1 is 1.43 bits per heavy atom. The predicted molar refractivity (Wildman–Crippen MR) is 85.8 cm³/mol. The molecule has 1 spiro atoms. The van der Waals surface area contributed by atoms with Crippen molar-refractivity contribution in [2.45, 2.75) is 25.8 Å². The van der Waals surface area contributed by atoms with Crippen molar-refractivity contribution in [2.75, 3.05) is 13.1 Å². The van der Waals surface area contributed by atoms with E-state index in [9.17, 15) is 9.18 Å². The van der Waals surface area contributed by atoms with Gasteiger partial charge in [0.25, 0.3) is 0 Å². The van der Waals surface area contributed by atoms with Crippen LogP contribution in [-0.4, -0.2) is 19.0 Å². The first-order valence-corrected chi connectivity index (χ1v) is 7.82. The summed E-state index contributed by atoms with van der Waals surface area (Å²) in [6.45, 7) is 2.40. The van der Waals surface area contributed by atoms with Crippen molar-refractivity contribution < 1.29 is 9.18 Å². The third-order valence-electron chi connectivity index (χ3n) is 4.57. The van der Waals surface area contributed by atoms with E-state index in [1.54, 1.807) is 6.07 Å². The highest BCUT2D eigenvalue weighted by molar-refractivity contribution is 9.10. The van der Waals surface area contributed by atoms with Gasteiger partial charge in [-0.05, 0) is 61.5 Å². The van der Waals surface area contributed by atoms with E-state index in [1.165, 1.54) is 12.1 Å². The van der Waals surface area contributed by atoms with Gasteiger partial charge in [-0.3, -0.25) is 4.79 Å². The van der Waals surface area contributed by atoms with Crippen molar-refractivity contribution in [3.8, 4) is 0 Å². The Kier molecular flexibility index (Phi) is 5.28. The lowest BCUT2D eigenvalue weighted by molar-refractivity contribution is -0.123. The Balaban J connectivity index is 0.00000161. The molecule has 0 bridgehead atoms. The Morgan fingerprint density at radius 3 is 2.86 bits per heavy atom. The van der Waals surface area contributed by atoms with Crippen molar-refractivity contribution in [3.05, 3.63) is 34.1 Å². The average Bonchev–Trinajstić information content (AvgIpc) is 3.14. The van der Waals surface area contributed by atoms with E-state index in [0.717, 1.165) is 42.4 Å². The van der Waals surface area contributed by atoms with Gasteiger partial charge in [0, 0.05) is 16.9 Å². The maximum atomic E-state index is 13.2. The fraction of sp³-hybridized carbons (Fsp3) is 0.533. The Hall–Kier alpha value is -0.650. The lowest BCUT2D eigenvalue weighted by atomic mass is 9.92.